The van der Waals surface area contributed by atoms with E-state index in [0.29, 0.717) is 5.75 Å². The minimum absolute atomic E-state index is 0.0773. The summed E-state index contributed by atoms with van der Waals surface area (Å²) in [7, 11) is 0. The van der Waals surface area contributed by atoms with Crippen molar-refractivity contribution in [2.45, 2.75) is 17.9 Å². The fraction of sp³-hybridized carbons (Fsp3) is 0.222. The number of amides is 1. The van der Waals surface area contributed by atoms with Gasteiger partial charge in [-0.05, 0) is 24.3 Å². The minimum Gasteiger partial charge on any atom is -0.456 e. The molecule has 2 rings (SSSR count). The van der Waals surface area contributed by atoms with Crippen molar-refractivity contribution in [3.05, 3.63) is 54.6 Å². The Morgan fingerprint density at radius 2 is 1.73 bits per heavy atom. The molecule has 8 heteroatoms. The lowest BCUT2D eigenvalue weighted by Crippen LogP contribution is -2.21. The second kappa shape index (κ2) is 10.4. The summed E-state index contributed by atoms with van der Waals surface area (Å²) in [5.41, 5.74) is 0.0773. The third-order valence-electron chi connectivity index (χ3n) is 3.06. The van der Waals surface area contributed by atoms with Crippen molar-refractivity contribution >= 4 is 29.3 Å². The maximum atomic E-state index is 12.3. The summed E-state index contributed by atoms with van der Waals surface area (Å²) in [6.07, 6.45) is 0.151. The Kier molecular flexibility index (Phi) is 7.88. The second-order valence-electron chi connectivity index (χ2n) is 5.00. The Bertz CT molecular complexity index is 728. The first kappa shape index (κ1) is 19.7. The number of benzene rings is 2. The number of carbonyl (C=O) groups excluding carboxylic acids is 2. The van der Waals surface area contributed by atoms with Gasteiger partial charge in [-0.1, -0.05) is 30.3 Å². The first-order chi connectivity index (χ1) is 12.5. The number of anilines is 1. The van der Waals surface area contributed by atoms with Gasteiger partial charge in [-0.2, -0.15) is 8.78 Å². The number of hydrogen-bond acceptors (Lipinski definition) is 5. The maximum absolute atomic E-state index is 12.3. The van der Waals surface area contributed by atoms with Crippen LogP contribution in [-0.2, 0) is 14.3 Å². The zero-order valence-corrected chi connectivity index (χ0v) is 14.5. The first-order valence-corrected chi connectivity index (χ1v) is 8.70. The lowest BCUT2D eigenvalue weighted by molar-refractivity contribution is -0.146. The topological polar surface area (TPSA) is 64.6 Å². The maximum Gasteiger partial charge on any atom is 0.387 e. The number of esters is 1. The van der Waals surface area contributed by atoms with E-state index < -0.39 is 25.1 Å². The molecule has 1 N–H and O–H groups in total. The van der Waals surface area contributed by atoms with E-state index in [1.165, 1.54) is 30.0 Å². The number of rotatable bonds is 9. The van der Waals surface area contributed by atoms with Crippen LogP contribution in [0, 0.1) is 0 Å². The molecule has 5 nitrogen and oxygen atoms in total. The SMILES string of the molecule is O=C(COC(=O)CCSc1ccccc1)Nc1ccccc1OC(F)F. The molecule has 26 heavy (non-hydrogen) atoms. The molecule has 0 spiro atoms. The van der Waals surface area contributed by atoms with E-state index in [1.54, 1.807) is 6.07 Å². The van der Waals surface area contributed by atoms with Crippen LogP contribution in [0.2, 0.25) is 0 Å². The molecule has 0 radical (unpaired) electrons. The molecular weight excluding hydrogens is 364 g/mol. The number of nitrogens with one attached hydrogen (secondary N) is 1. The van der Waals surface area contributed by atoms with Crippen LogP contribution < -0.4 is 10.1 Å². The van der Waals surface area contributed by atoms with Crippen molar-refractivity contribution in [3.8, 4) is 5.75 Å². The van der Waals surface area contributed by atoms with E-state index in [2.05, 4.69) is 10.1 Å². The number of hydrogen-bond donors (Lipinski definition) is 1. The summed E-state index contributed by atoms with van der Waals surface area (Å²) in [4.78, 5) is 24.5. The number of alkyl halides is 2. The third kappa shape index (κ3) is 7.10. The monoisotopic (exact) mass is 381 g/mol. The van der Waals surface area contributed by atoms with Crippen LogP contribution in [-0.4, -0.2) is 30.8 Å². The van der Waals surface area contributed by atoms with E-state index >= 15 is 0 Å². The van der Waals surface area contributed by atoms with Gasteiger partial charge in [0.25, 0.3) is 5.91 Å². The summed E-state index contributed by atoms with van der Waals surface area (Å²) in [6.45, 7) is -3.51. The molecule has 138 valence electrons. The molecule has 0 aliphatic carbocycles. The van der Waals surface area contributed by atoms with Crippen LogP contribution in [0.1, 0.15) is 6.42 Å². The zero-order valence-electron chi connectivity index (χ0n) is 13.7. The first-order valence-electron chi connectivity index (χ1n) is 7.72. The molecule has 0 unspecified atom stereocenters. The second-order valence-corrected chi connectivity index (χ2v) is 6.16. The predicted octanol–water partition coefficient (Wildman–Crippen LogP) is 3.95. The molecule has 0 fully saturated rings. The zero-order chi connectivity index (χ0) is 18.8. The van der Waals surface area contributed by atoms with Gasteiger partial charge < -0.3 is 14.8 Å². The van der Waals surface area contributed by atoms with Crippen LogP contribution in [0.15, 0.2) is 59.5 Å². The Balaban J connectivity index is 1.72. The Morgan fingerprint density at radius 3 is 2.46 bits per heavy atom. The Labute approximate surface area is 153 Å². The number of halogens is 2. The van der Waals surface area contributed by atoms with Crippen molar-refractivity contribution in [3.63, 3.8) is 0 Å². The molecule has 0 saturated carbocycles. The molecule has 0 saturated heterocycles. The smallest absolute Gasteiger partial charge is 0.387 e. The van der Waals surface area contributed by atoms with Gasteiger partial charge in [-0.15, -0.1) is 11.8 Å². The van der Waals surface area contributed by atoms with Crippen molar-refractivity contribution < 1.29 is 27.8 Å². The van der Waals surface area contributed by atoms with Gasteiger partial charge in [0.1, 0.15) is 5.75 Å². The average molecular weight is 381 g/mol. The molecule has 0 atom stereocenters. The minimum atomic E-state index is -3.01. The molecule has 0 aromatic heterocycles. The van der Waals surface area contributed by atoms with Gasteiger partial charge in [-0.25, -0.2) is 0 Å². The quantitative estimate of drug-likeness (QED) is 0.526. The summed E-state index contributed by atoms with van der Waals surface area (Å²) >= 11 is 1.50. The summed E-state index contributed by atoms with van der Waals surface area (Å²) in [5.74, 6) is -0.795. The normalized spacial score (nSPS) is 10.4. The number of para-hydroxylation sites is 2. The Morgan fingerprint density at radius 1 is 1.04 bits per heavy atom. The lowest BCUT2D eigenvalue weighted by atomic mass is 10.3. The van der Waals surface area contributed by atoms with Crippen LogP contribution in [0.3, 0.4) is 0 Å². The number of thioether (sulfide) groups is 1. The predicted molar refractivity (Wildman–Crippen MR) is 94.4 cm³/mol. The number of ether oxygens (including phenoxy) is 2. The van der Waals surface area contributed by atoms with Crippen LogP contribution in [0.4, 0.5) is 14.5 Å². The summed E-state index contributed by atoms with van der Waals surface area (Å²) in [5, 5.41) is 2.37. The van der Waals surface area contributed by atoms with E-state index in [0.717, 1.165) is 4.90 Å². The molecule has 0 bridgehead atoms. The van der Waals surface area contributed by atoms with Crippen LogP contribution in [0.5, 0.6) is 5.75 Å². The van der Waals surface area contributed by atoms with E-state index in [-0.39, 0.29) is 17.9 Å². The molecule has 0 aliphatic rings. The molecule has 1 amide bonds. The van der Waals surface area contributed by atoms with E-state index in [4.69, 9.17) is 4.74 Å². The van der Waals surface area contributed by atoms with Gasteiger partial charge in [0.2, 0.25) is 0 Å². The lowest BCUT2D eigenvalue weighted by Gasteiger charge is -2.11. The van der Waals surface area contributed by atoms with E-state index in [1.807, 2.05) is 30.3 Å². The fourth-order valence-corrected chi connectivity index (χ4v) is 2.80. The molecule has 2 aromatic rings. The highest BCUT2D eigenvalue weighted by molar-refractivity contribution is 7.99. The average Bonchev–Trinajstić information content (AvgIpc) is 2.62. The van der Waals surface area contributed by atoms with Crippen LogP contribution in [0.25, 0.3) is 0 Å². The van der Waals surface area contributed by atoms with Crippen molar-refractivity contribution in [2.75, 3.05) is 17.7 Å². The summed E-state index contributed by atoms with van der Waals surface area (Å²) in [6, 6.07) is 15.3. The van der Waals surface area contributed by atoms with Gasteiger partial charge in [0.15, 0.2) is 6.61 Å². The highest BCUT2D eigenvalue weighted by Crippen LogP contribution is 2.25. The van der Waals surface area contributed by atoms with Gasteiger partial charge in [0.05, 0.1) is 12.1 Å². The van der Waals surface area contributed by atoms with Crippen molar-refractivity contribution in [1.29, 1.82) is 0 Å². The number of carbonyl (C=O) groups is 2. The molecule has 2 aromatic carbocycles. The van der Waals surface area contributed by atoms with Crippen molar-refractivity contribution in [2.24, 2.45) is 0 Å². The molecule has 0 heterocycles. The molecular formula is C18H17F2NO4S. The van der Waals surface area contributed by atoms with Gasteiger partial charge in [0, 0.05) is 10.6 Å². The molecule has 0 aliphatic heterocycles. The fourth-order valence-electron chi connectivity index (χ4n) is 1.94. The van der Waals surface area contributed by atoms with Crippen molar-refractivity contribution in [1.82, 2.24) is 0 Å². The highest BCUT2D eigenvalue weighted by atomic mass is 32.2. The van der Waals surface area contributed by atoms with Gasteiger partial charge in [-0.3, -0.25) is 9.59 Å². The highest BCUT2D eigenvalue weighted by Gasteiger charge is 2.13. The standard InChI is InChI=1S/C18H17F2NO4S/c19-18(20)25-15-9-5-4-8-14(15)21-16(22)12-24-17(23)10-11-26-13-6-2-1-3-7-13/h1-9,18H,10-12H2,(H,21,22). The Hall–Kier alpha value is -2.61. The summed E-state index contributed by atoms with van der Waals surface area (Å²) < 4.78 is 33.8. The van der Waals surface area contributed by atoms with Crippen LogP contribution >= 0.6 is 11.8 Å². The largest absolute Gasteiger partial charge is 0.456 e. The van der Waals surface area contributed by atoms with E-state index in [9.17, 15) is 18.4 Å². The van der Waals surface area contributed by atoms with Gasteiger partial charge >= 0.3 is 12.6 Å². The third-order valence-corrected chi connectivity index (χ3v) is 4.07.